The summed E-state index contributed by atoms with van der Waals surface area (Å²) in [6.07, 6.45) is 0.389. The Labute approximate surface area is 108 Å². The normalized spacial score (nSPS) is 11.3. The van der Waals surface area contributed by atoms with Gasteiger partial charge in [0.15, 0.2) is 0 Å². The van der Waals surface area contributed by atoms with Gasteiger partial charge in [-0.1, -0.05) is 0 Å². The van der Waals surface area contributed by atoms with E-state index >= 15 is 0 Å². The Bertz CT molecular complexity index is 277. The Morgan fingerprint density at radius 2 is 2.00 bits per heavy atom. The average molecular weight is 439 g/mol. The molecule has 0 aliphatic carbocycles. The molecule has 1 aromatic rings. The zero-order valence-corrected chi connectivity index (χ0v) is 11.6. The van der Waals surface area contributed by atoms with Crippen LogP contribution in [0.5, 0.6) is 0 Å². The first-order valence-electron chi connectivity index (χ1n) is 4.01. The van der Waals surface area contributed by atoms with Crippen molar-refractivity contribution < 1.29 is 31.9 Å². The van der Waals surface area contributed by atoms with E-state index in [2.05, 4.69) is 20.7 Å². The van der Waals surface area contributed by atoms with Crippen LogP contribution in [0.4, 0.5) is 0 Å². The van der Waals surface area contributed by atoms with E-state index in [-0.39, 0.29) is 33.2 Å². The first-order chi connectivity index (χ1) is 6.24. The molecule has 0 saturated carbocycles. The van der Waals surface area contributed by atoms with Crippen LogP contribution in [0.25, 0.3) is 0 Å². The van der Waals surface area contributed by atoms with Crippen LogP contribution in [0.15, 0.2) is 30.3 Å². The number of benzene rings is 1. The Morgan fingerprint density at radius 3 is 2.50 bits per heavy atom. The molecular weight excluding hydrogens is 428 g/mol. The smallest absolute Gasteiger partial charge is 1.00 e. The van der Waals surface area contributed by atoms with Crippen LogP contribution in [0.2, 0.25) is 0 Å². The maximum atomic E-state index is 11.0. The predicted octanol–water partition coefficient (Wildman–Crippen LogP) is 1.46. The first-order valence-corrected chi connectivity index (χ1v) is 5.00. The molecule has 0 bridgehead atoms. The third kappa shape index (κ3) is 4.45. The molecule has 4 heteroatoms. The van der Waals surface area contributed by atoms with Crippen LogP contribution < -0.4 is 0 Å². The summed E-state index contributed by atoms with van der Waals surface area (Å²) < 4.78 is 4.58. The minimum atomic E-state index is -0.187. The van der Waals surface area contributed by atoms with Crippen molar-refractivity contribution in [2.75, 3.05) is 7.11 Å². The molecule has 0 spiro atoms. The molecule has 0 heterocycles. The van der Waals surface area contributed by atoms with Crippen molar-refractivity contribution in [3.63, 3.8) is 0 Å². The zero-order chi connectivity index (χ0) is 9.68. The number of ether oxygens (including phenoxy) is 1. The third-order valence-electron chi connectivity index (χ3n) is 1.75. The van der Waals surface area contributed by atoms with Gasteiger partial charge in [0.25, 0.3) is 0 Å². The Morgan fingerprint density at radius 1 is 1.43 bits per heavy atom. The van der Waals surface area contributed by atoms with E-state index in [1.54, 1.807) is 0 Å². The van der Waals surface area contributed by atoms with Crippen molar-refractivity contribution in [1.82, 2.24) is 0 Å². The molecule has 1 radical (unpaired) electrons. The molecule has 2 nitrogen and oxygen atoms in total. The topological polar surface area (TPSA) is 26.3 Å². The third-order valence-corrected chi connectivity index (χ3v) is 2.67. The fourth-order valence-electron chi connectivity index (χ4n) is 1.02. The van der Waals surface area contributed by atoms with Crippen molar-refractivity contribution in [2.24, 2.45) is 0 Å². The largest absolute Gasteiger partial charge is 1.00 e. The fraction of sp³-hybridized carbons (Fsp3) is 0.300. The van der Waals surface area contributed by atoms with Gasteiger partial charge >= 0.3 is 108 Å². The molecule has 0 aliphatic rings. The van der Waals surface area contributed by atoms with Crippen LogP contribution in [0.3, 0.4) is 0 Å². The summed E-state index contributed by atoms with van der Waals surface area (Å²) >= 11 is 2.96. The van der Waals surface area contributed by atoms with E-state index in [1.807, 2.05) is 30.3 Å². The van der Waals surface area contributed by atoms with Crippen molar-refractivity contribution in [2.45, 2.75) is 11.2 Å². The van der Waals surface area contributed by atoms with Gasteiger partial charge < -0.3 is 0 Å². The second kappa shape index (κ2) is 7.27. The second-order valence-electron chi connectivity index (χ2n) is 2.68. The minimum Gasteiger partial charge on any atom is 1.00 e. The summed E-state index contributed by atoms with van der Waals surface area (Å²) in [7, 11) is 1.40. The molecule has 0 saturated heterocycles. The van der Waals surface area contributed by atoms with Crippen LogP contribution in [0.1, 0.15) is 16.8 Å². The van der Waals surface area contributed by atoms with Crippen molar-refractivity contribution in [1.29, 1.82) is 0 Å². The minimum absolute atomic E-state index is 0. The quantitative estimate of drug-likeness (QED) is 0.527. The molecule has 1 aromatic carbocycles. The summed E-state index contributed by atoms with van der Waals surface area (Å²) in [6, 6.07) is 9.84. The summed E-state index contributed by atoms with van der Waals surface area (Å²) in [5, 5.41) is 0. The molecule has 14 heavy (non-hydrogen) atoms. The van der Waals surface area contributed by atoms with Crippen molar-refractivity contribution >= 4 is 22.0 Å². The summed E-state index contributed by atoms with van der Waals surface area (Å²) in [6.45, 7) is 0. The van der Waals surface area contributed by atoms with Gasteiger partial charge in [-0.15, -0.1) is 0 Å². The monoisotopic (exact) mass is 440 g/mol. The molecule has 0 aromatic heterocycles. The molecule has 0 aliphatic heterocycles. The number of hydrogen-bond donors (Lipinski definition) is 0. The van der Waals surface area contributed by atoms with E-state index in [9.17, 15) is 4.79 Å². The molecule has 0 amide bonds. The van der Waals surface area contributed by atoms with Gasteiger partial charge in [0.2, 0.25) is 0 Å². The number of carbonyl (C=O) groups is 1. The van der Waals surface area contributed by atoms with E-state index in [4.69, 9.17) is 0 Å². The van der Waals surface area contributed by atoms with Crippen LogP contribution in [-0.4, -0.2) is 29.1 Å². The number of rotatable bonds is 3. The van der Waals surface area contributed by atoms with Crippen LogP contribution in [-0.2, 0) is 31.9 Å². The van der Waals surface area contributed by atoms with E-state index < -0.39 is 0 Å². The number of esters is 1. The predicted molar refractivity (Wildman–Crippen MR) is 51.6 cm³/mol. The van der Waals surface area contributed by atoms with Crippen LogP contribution >= 0.6 is 0 Å². The zero-order valence-electron chi connectivity index (χ0n) is 7.70. The van der Waals surface area contributed by atoms with Gasteiger partial charge in [-0.2, -0.15) is 0 Å². The SMILES string of the molecule is COC(=O)CC([Se])c1ccccc1.[Au+]. The molecule has 79 valence electrons. The molecule has 1 atom stereocenters. The van der Waals surface area contributed by atoms with Crippen LogP contribution in [0, 0.1) is 0 Å². The molecule has 1 rings (SSSR count). The maximum Gasteiger partial charge on any atom is 1.00 e. The summed E-state index contributed by atoms with van der Waals surface area (Å²) in [5.41, 5.74) is 1.12. The Balaban J connectivity index is 0.00000169. The maximum absolute atomic E-state index is 11.0. The van der Waals surface area contributed by atoms with E-state index in [1.165, 1.54) is 7.11 Å². The second-order valence-corrected chi connectivity index (χ2v) is 3.87. The van der Waals surface area contributed by atoms with Gasteiger partial charge in [-0.05, 0) is 0 Å². The van der Waals surface area contributed by atoms with E-state index in [0.29, 0.717) is 6.42 Å². The first kappa shape index (κ1) is 13.9. The molecule has 1 unspecified atom stereocenters. The molecule has 0 N–H and O–H groups in total. The van der Waals surface area contributed by atoms with E-state index in [0.717, 1.165) is 5.56 Å². The van der Waals surface area contributed by atoms with Gasteiger partial charge in [-0.3, -0.25) is 0 Å². The van der Waals surface area contributed by atoms with Gasteiger partial charge in [-0.25, -0.2) is 0 Å². The number of hydrogen-bond acceptors (Lipinski definition) is 2. The fourth-order valence-corrected chi connectivity index (χ4v) is 1.64. The van der Waals surface area contributed by atoms with Crippen molar-refractivity contribution in [3.05, 3.63) is 35.9 Å². The molecular formula is C10H11AuO2Se+. The standard InChI is InChI=1S/C10H11O2Se.Au/c1-12-10(11)7-9(13)8-5-3-2-4-6-8;/h2-6,9H,7H2,1H3;/q;+1. The van der Waals surface area contributed by atoms with Gasteiger partial charge in [0, 0.05) is 0 Å². The van der Waals surface area contributed by atoms with Gasteiger partial charge in [0.1, 0.15) is 0 Å². The summed E-state index contributed by atoms with van der Waals surface area (Å²) in [4.78, 5) is 11.1. The Hall–Kier alpha value is -0.0503. The summed E-state index contributed by atoms with van der Waals surface area (Å²) in [5.74, 6) is -0.187. The number of carbonyl (C=O) groups excluding carboxylic acids is 1. The average Bonchev–Trinajstić information content (AvgIpc) is 2.19. The van der Waals surface area contributed by atoms with Gasteiger partial charge in [0.05, 0.1) is 0 Å². The molecule has 0 fully saturated rings. The number of methoxy groups -OCH3 is 1. The van der Waals surface area contributed by atoms with Crippen molar-refractivity contribution in [3.8, 4) is 0 Å². The Kier molecular flexibility index (Phi) is 7.24.